The number of aromatic hydroxyl groups is 1. The Hall–Kier alpha value is -1.64. The van der Waals surface area contributed by atoms with Gasteiger partial charge in [-0.05, 0) is 17.7 Å². The lowest BCUT2D eigenvalue weighted by molar-refractivity contribution is 0.0526. The maximum absolute atomic E-state index is 12.6. The summed E-state index contributed by atoms with van der Waals surface area (Å²) in [6, 6.07) is 4.51. The maximum Gasteiger partial charge on any atom is 0.170 e. The first-order valence-electron chi connectivity index (χ1n) is 3.80. The Labute approximate surface area is 79.5 Å². The number of hydrogen-bond donors (Lipinski definition) is 3. The molecule has 0 heterocycles. The Balaban J connectivity index is 2.98. The van der Waals surface area contributed by atoms with Crippen molar-refractivity contribution in [3.05, 3.63) is 29.6 Å². The fourth-order valence-corrected chi connectivity index (χ4v) is 0.967. The van der Waals surface area contributed by atoms with Crippen LogP contribution < -0.4 is 0 Å². The van der Waals surface area contributed by atoms with E-state index in [1.54, 1.807) is 0 Å². The van der Waals surface area contributed by atoms with Crippen LogP contribution in [0.3, 0.4) is 0 Å². The summed E-state index contributed by atoms with van der Waals surface area (Å²) in [5.74, 6) is -1.46. The third kappa shape index (κ3) is 1.99. The molecule has 0 radical (unpaired) electrons. The number of phenolic OH excluding ortho intramolecular Hbond substituents is 1. The Morgan fingerprint density at radius 2 is 2.00 bits per heavy atom. The SMILES string of the molecule is N#CC(O)C(O)c1ccc(F)c(O)c1. The van der Waals surface area contributed by atoms with E-state index in [1.165, 1.54) is 12.1 Å². The van der Waals surface area contributed by atoms with Crippen LogP contribution in [0, 0.1) is 17.1 Å². The third-order valence-electron chi connectivity index (χ3n) is 1.74. The highest BCUT2D eigenvalue weighted by Crippen LogP contribution is 2.23. The van der Waals surface area contributed by atoms with Crippen molar-refractivity contribution in [1.82, 2.24) is 0 Å². The van der Waals surface area contributed by atoms with Gasteiger partial charge in [0.25, 0.3) is 0 Å². The highest BCUT2D eigenvalue weighted by Gasteiger charge is 2.18. The zero-order valence-corrected chi connectivity index (χ0v) is 7.05. The van der Waals surface area contributed by atoms with Gasteiger partial charge in [0.15, 0.2) is 17.7 Å². The normalized spacial score (nSPS) is 14.4. The van der Waals surface area contributed by atoms with Crippen LogP contribution in [0.2, 0.25) is 0 Å². The van der Waals surface area contributed by atoms with Crippen molar-refractivity contribution in [2.45, 2.75) is 12.2 Å². The molecule has 0 aliphatic rings. The third-order valence-corrected chi connectivity index (χ3v) is 1.74. The lowest BCUT2D eigenvalue weighted by Crippen LogP contribution is -2.15. The molecule has 14 heavy (non-hydrogen) atoms. The summed E-state index contributed by atoms with van der Waals surface area (Å²) in [6.45, 7) is 0. The van der Waals surface area contributed by atoms with Crippen LogP contribution in [0.5, 0.6) is 5.75 Å². The van der Waals surface area contributed by atoms with Gasteiger partial charge >= 0.3 is 0 Å². The first kappa shape index (κ1) is 10.4. The van der Waals surface area contributed by atoms with Gasteiger partial charge in [0, 0.05) is 0 Å². The summed E-state index contributed by atoms with van der Waals surface area (Å²) in [4.78, 5) is 0. The molecule has 3 N–H and O–H groups in total. The zero-order chi connectivity index (χ0) is 10.7. The van der Waals surface area contributed by atoms with Crippen LogP contribution in [0.4, 0.5) is 4.39 Å². The predicted molar refractivity (Wildman–Crippen MR) is 44.6 cm³/mol. The molecule has 0 fully saturated rings. The molecule has 0 aliphatic carbocycles. The molecule has 0 amide bonds. The van der Waals surface area contributed by atoms with Gasteiger partial charge < -0.3 is 15.3 Å². The number of aliphatic hydroxyl groups is 2. The number of nitriles is 1. The largest absolute Gasteiger partial charge is 0.505 e. The van der Waals surface area contributed by atoms with Gasteiger partial charge in [-0.25, -0.2) is 4.39 Å². The van der Waals surface area contributed by atoms with Gasteiger partial charge in [-0.1, -0.05) is 6.07 Å². The number of aliphatic hydroxyl groups excluding tert-OH is 2. The molecule has 0 aromatic heterocycles. The standard InChI is InChI=1S/C9H8FNO3/c10-6-2-1-5(3-7(6)12)9(14)8(13)4-11/h1-3,8-9,12-14H. The van der Waals surface area contributed by atoms with Crippen LogP contribution in [0.25, 0.3) is 0 Å². The van der Waals surface area contributed by atoms with E-state index in [0.29, 0.717) is 0 Å². The van der Waals surface area contributed by atoms with Crippen molar-refractivity contribution in [1.29, 1.82) is 5.26 Å². The predicted octanol–water partition coefficient (Wildman–Crippen LogP) is 0.449. The van der Waals surface area contributed by atoms with Crippen molar-refractivity contribution in [3.8, 4) is 11.8 Å². The molecule has 0 saturated heterocycles. The van der Waals surface area contributed by atoms with E-state index >= 15 is 0 Å². The van der Waals surface area contributed by atoms with E-state index in [-0.39, 0.29) is 5.56 Å². The van der Waals surface area contributed by atoms with Crippen molar-refractivity contribution >= 4 is 0 Å². The van der Waals surface area contributed by atoms with Gasteiger partial charge in [-0.2, -0.15) is 5.26 Å². The van der Waals surface area contributed by atoms with E-state index < -0.39 is 23.8 Å². The molecule has 1 rings (SSSR count). The van der Waals surface area contributed by atoms with Gasteiger partial charge in [-0.15, -0.1) is 0 Å². The molecule has 2 unspecified atom stereocenters. The highest BCUT2D eigenvalue weighted by atomic mass is 19.1. The fourth-order valence-electron chi connectivity index (χ4n) is 0.967. The Morgan fingerprint density at radius 3 is 2.50 bits per heavy atom. The average Bonchev–Trinajstić information content (AvgIpc) is 2.20. The Kier molecular flexibility index (Phi) is 3.02. The van der Waals surface area contributed by atoms with Gasteiger partial charge in [0.2, 0.25) is 0 Å². The smallest absolute Gasteiger partial charge is 0.170 e. The fraction of sp³-hybridized carbons (Fsp3) is 0.222. The quantitative estimate of drug-likeness (QED) is 0.601. The van der Waals surface area contributed by atoms with Crippen LogP contribution in [0.15, 0.2) is 18.2 Å². The summed E-state index contributed by atoms with van der Waals surface area (Å²) in [5, 5.41) is 35.5. The topological polar surface area (TPSA) is 84.5 Å². The molecular formula is C9H8FNO3. The molecule has 4 nitrogen and oxygen atoms in total. The molecule has 0 bridgehead atoms. The summed E-state index contributed by atoms with van der Waals surface area (Å²) in [7, 11) is 0. The number of benzene rings is 1. The second-order valence-corrected chi connectivity index (χ2v) is 2.73. The van der Waals surface area contributed by atoms with Crippen molar-refractivity contribution in [2.75, 3.05) is 0 Å². The zero-order valence-electron chi connectivity index (χ0n) is 7.05. The van der Waals surface area contributed by atoms with Crippen LogP contribution >= 0.6 is 0 Å². The van der Waals surface area contributed by atoms with Crippen LogP contribution in [-0.2, 0) is 0 Å². The Morgan fingerprint density at radius 1 is 1.36 bits per heavy atom. The summed E-state index contributed by atoms with van der Waals surface area (Å²) in [6.07, 6.45) is -3.05. The number of hydrogen-bond acceptors (Lipinski definition) is 4. The van der Waals surface area contributed by atoms with Crippen LogP contribution in [-0.4, -0.2) is 21.4 Å². The van der Waals surface area contributed by atoms with Crippen molar-refractivity contribution in [3.63, 3.8) is 0 Å². The molecule has 0 spiro atoms. The number of phenols is 1. The lowest BCUT2D eigenvalue weighted by Gasteiger charge is -2.11. The molecule has 5 heteroatoms. The minimum absolute atomic E-state index is 0.0814. The molecule has 1 aromatic carbocycles. The second kappa shape index (κ2) is 4.05. The molecule has 0 aliphatic heterocycles. The molecular weight excluding hydrogens is 189 g/mol. The number of halogens is 1. The first-order valence-corrected chi connectivity index (χ1v) is 3.80. The summed E-state index contributed by atoms with van der Waals surface area (Å²) in [5.41, 5.74) is 0.0814. The minimum Gasteiger partial charge on any atom is -0.505 e. The minimum atomic E-state index is -1.60. The number of nitrogens with zero attached hydrogens (tertiary/aromatic N) is 1. The van der Waals surface area contributed by atoms with E-state index in [9.17, 15) is 9.50 Å². The van der Waals surface area contributed by atoms with E-state index in [2.05, 4.69) is 0 Å². The monoisotopic (exact) mass is 197 g/mol. The first-order chi connectivity index (χ1) is 6.56. The lowest BCUT2D eigenvalue weighted by atomic mass is 10.1. The number of rotatable bonds is 2. The van der Waals surface area contributed by atoms with E-state index in [4.69, 9.17) is 15.5 Å². The maximum atomic E-state index is 12.6. The molecule has 0 saturated carbocycles. The van der Waals surface area contributed by atoms with E-state index in [1.807, 2.05) is 0 Å². The summed E-state index contributed by atoms with van der Waals surface area (Å²) >= 11 is 0. The van der Waals surface area contributed by atoms with Crippen molar-refractivity contribution in [2.24, 2.45) is 0 Å². The van der Waals surface area contributed by atoms with Gasteiger partial charge in [0.1, 0.15) is 6.10 Å². The molecule has 74 valence electrons. The summed E-state index contributed by atoms with van der Waals surface area (Å²) < 4.78 is 12.6. The van der Waals surface area contributed by atoms with Gasteiger partial charge in [-0.3, -0.25) is 0 Å². The Bertz CT molecular complexity index is 375. The molecule has 2 atom stereocenters. The second-order valence-electron chi connectivity index (χ2n) is 2.73. The van der Waals surface area contributed by atoms with Crippen LogP contribution in [0.1, 0.15) is 11.7 Å². The average molecular weight is 197 g/mol. The molecule has 1 aromatic rings. The van der Waals surface area contributed by atoms with Gasteiger partial charge in [0.05, 0.1) is 6.07 Å². The highest BCUT2D eigenvalue weighted by molar-refractivity contribution is 5.31. The van der Waals surface area contributed by atoms with Crippen molar-refractivity contribution < 1.29 is 19.7 Å². The van der Waals surface area contributed by atoms with E-state index in [0.717, 1.165) is 12.1 Å².